The van der Waals surface area contributed by atoms with Crippen molar-refractivity contribution in [1.29, 1.82) is 0 Å². The van der Waals surface area contributed by atoms with Gasteiger partial charge in [-0.3, -0.25) is 9.78 Å². The zero-order valence-electron chi connectivity index (χ0n) is 11.1. The number of carbonyl (C=O) groups excluding carboxylic acids is 1. The summed E-state index contributed by atoms with van der Waals surface area (Å²) in [4.78, 5) is 16.2. The summed E-state index contributed by atoms with van der Waals surface area (Å²) in [7, 11) is 1.48. The molecule has 0 aliphatic carbocycles. The fourth-order valence-corrected chi connectivity index (χ4v) is 1.89. The second-order valence-electron chi connectivity index (χ2n) is 4.21. The van der Waals surface area contributed by atoms with E-state index in [4.69, 9.17) is 4.74 Å². The van der Waals surface area contributed by atoms with E-state index in [-0.39, 0.29) is 12.5 Å². The van der Waals surface area contributed by atoms with Crippen LogP contribution in [0.15, 0.2) is 48.8 Å². The first kappa shape index (κ1) is 14.2. The van der Waals surface area contributed by atoms with Crippen LogP contribution in [0.4, 0.5) is 5.69 Å². The third-order valence-corrected chi connectivity index (χ3v) is 2.92. The van der Waals surface area contributed by atoms with Crippen LogP contribution >= 0.6 is 0 Å². The maximum absolute atomic E-state index is 12.3. The van der Waals surface area contributed by atoms with Crippen molar-refractivity contribution in [2.75, 3.05) is 12.4 Å². The van der Waals surface area contributed by atoms with Crippen molar-refractivity contribution >= 4 is 11.6 Å². The number of nitrogens with zero attached hydrogens (tertiary/aromatic N) is 1. The van der Waals surface area contributed by atoms with E-state index >= 15 is 0 Å². The van der Waals surface area contributed by atoms with Gasteiger partial charge in [0, 0.05) is 18.9 Å². The molecule has 2 rings (SSSR count). The molecule has 20 heavy (non-hydrogen) atoms. The zero-order valence-corrected chi connectivity index (χ0v) is 11.1. The van der Waals surface area contributed by atoms with Crippen LogP contribution in [-0.4, -0.2) is 23.1 Å². The molecule has 0 saturated heterocycles. The smallest absolute Gasteiger partial charge is 0.258 e. The molecule has 0 spiro atoms. The minimum atomic E-state index is -0.706. The zero-order chi connectivity index (χ0) is 14.4. The summed E-state index contributed by atoms with van der Waals surface area (Å²) < 4.78 is 5.25. The van der Waals surface area contributed by atoms with Crippen molar-refractivity contribution in [2.45, 2.75) is 12.7 Å². The first-order chi connectivity index (χ1) is 9.76. The highest BCUT2D eigenvalue weighted by Crippen LogP contribution is 2.20. The fourth-order valence-electron chi connectivity index (χ4n) is 1.89. The van der Waals surface area contributed by atoms with E-state index < -0.39 is 6.10 Å². The van der Waals surface area contributed by atoms with E-state index in [0.717, 1.165) is 5.56 Å². The normalized spacial score (nSPS) is 11.9. The number of anilines is 1. The number of amides is 1. The molecule has 0 saturated carbocycles. The third kappa shape index (κ3) is 3.20. The number of carbonyl (C=O) groups is 1. The van der Waals surface area contributed by atoms with Crippen LogP contribution in [0.5, 0.6) is 0 Å². The topological polar surface area (TPSA) is 71.5 Å². The molecule has 0 aliphatic rings. The lowest BCUT2D eigenvalue weighted by molar-refractivity contribution is -0.126. The van der Waals surface area contributed by atoms with Gasteiger partial charge < -0.3 is 15.2 Å². The van der Waals surface area contributed by atoms with Crippen LogP contribution in [0.2, 0.25) is 0 Å². The maximum atomic E-state index is 12.3. The number of benzene rings is 1. The van der Waals surface area contributed by atoms with Crippen LogP contribution in [0.1, 0.15) is 17.2 Å². The van der Waals surface area contributed by atoms with Crippen LogP contribution < -0.4 is 5.32 Å². The number of nitrogens with one attached hydrogen (secondary N) is 1. The van der Waals surface area contributed by atoms with Gasteiger partial charge in [0.2, 0.25) is 0 Å². The lowest BCUT2D eigenvalue weighted by Crippen LogP contribution is -2.23. The first-order valence-electron chi connectivity index (χ1n) is 6.18. The molecule has 2 N–H and O–H groups in total. The molecule has 0 fully saturated rings. The van der Waals surface area contributed by atoms with Gasteiger partial charge in [-0.1, -0.05) is 30.3 Å². The molecule has 5 heteroatoms. The van der Waals surface area contributed by atoms with Gasteiger partial charge >= 0.3 is 0 Å². The molecular weight excluding hydrogens is 256 g/mol. The summed E-state index contributed by atoms with van der Waals surface area (Å²) in [6.07, 6.45) is 2.36. The number of rotatable bonds is 5. The van der Waals surface area contributed by atoms with Gasteiger partial charge in [-0.2, -0.15) is 0 Å². The molecule has 1 heterocycles. The number of ether oxygens (including phenoxy) is 1. The Bertz CT molecular complexity index is 572. The molecule has 1 atom stereocenters. The SMILES string of the molecule is CO[C@@H](C(=O)Nc1cnccc1CO)c1ccccc1. The highest BCUT2D eigenvalue weighted by molar-refractivity contribution is 5.95. The minimum absolute atomic E-state index is 0.166. The Labute approximate surface area is 117 Å². The third-order valence-electron chi connectivity index (χ3n) is 2.92. The molecule has 5 nitrogen and oxygen atoms in total. The highest BCUT2D eigenvalue weighted by atomic mass is 16.5. The van der Waals surface area contributed by atoms with Crippen LogP contribution in [0.25, 0.3) is 0 Å². The van der Waals surface area contributed by atoms with Crippen molar-refractivity contribution < 1.29 is 14.6 Å². The fraction of sp³-hybridized carbons (Fsp3) is 0.200. The Balaban J connectivity index is 2.18. The van der Waals surface area contributed by atoms with Crippen LogP contribution in [0, 0.1) is 0 Å². The molecular formula is C15H16N2O3. The highest BCUT2D eigenvalue weighted by Gasteiger charge is 2.20. The number of hydrogen-bond donors (Lipinski definition) is 2. The molecule has 0 aliphatic heterocycles. The van der Waals surface area contributed by atoms with Crippen LogP contribution in [0.3, 0.4) is 0 Å². The Kier molecular flexibility index (Phi) is 4.81. The van der Waals surface area contributed by atoms with Gasteiger partial charge in [0.15, 0.2) is 6.10 Å². The average Bonchev–Trinajstić information content (AvgIpc) is 2.49. The standard InChI is InChI=1S/C15H16N2O3/c1-20-14(11-5-3-2-4-6-11)15(19)17-13-9-16-8-7-12(13)10-18/h2-9,14,18H,10H2,1H3,(H,17,19)/t14-/m1/s1. The van der Waals surface area contributed by atoms with Gasteiger partial charge in [0.1, 0.15) is 0 Å². The van der Waals surface area contributed by atoms with E-state index in [1.54, 1.807) is 12.3 Å². The molecule has 0 bridgehead atoms. The van der Waals surface area contributed by atoms with Gasteiger partial charge in [0.05, 0.1) is 18.5 Å². The Morgan fingerprint density at radius 3 is 2.75 bits per heavy atom. The second-order valence-corrected chi connectivity index (χ2v) is 4.21. The number of aliphatic hydroxyl groups is 1. The summed E-state index contributed by atoms with van der Waals surface area (Å²) in [5.74, 6) is -0.304. The number of aliphatic hydroxyl groups excluding tert-OH is 1. The molecule has 0 radical (unpaired) electrons. The van der Waals surface area contributed by atoms with E-state index in [1.165, 1.54) is 13.3 Å². The van der Waals surface area contributed by atoms with E-state index in [0.29, 0.717) is 11.3 Å². The summed E-state index contributed by atoms with van der Waals surface area (Å²) in [5, 5.41) is 12.0. The Morgan fingerprint density at radius 2 is 2.10 bits per heavy atom. The van der Waals surface area contributed by atoms with Crippen molar-refractivity contribution in [3.8, 4) is 0 Å². The van der Waals surface area contributed by atoms with E-state index in [2.05, 4.69) is 10.3 Å². The largest absolute Gasteiger partial charge is 0.392 e. The molecule has 1 aromatic heterocycles. The Hall–Kier alpha value is -2.24. The summed E-state index contributed by atoms with van der Waals surface area (Å²) in [6, 6.07) is 10.9. The number of methoxy groups -OCH3 is 1. The summed E-state index contributed by atoms with van der Waals surface area (Å²) in [5.41, 5.74) is 1.86. The minimum Gasteiger partial charge on any atom is -0.392 e. The quantitative estimate of drug-likeness (QED) is 0.872. The average molecular weight is 272 g/mol. The summed E-state index contributed by atoms with van der Waals surface area (Å²) >= 11 is 0. The monoisotopic (exact) mass is 272 g/mol. The van der Waals surface area contributed by atoms with Crippen LogP contribution in [-0.2, 0) is 16.1 Å². The first-order valence-corrected chi connectivity index (χ1v) is 6.18. The molecule has 104 valence electrons. The molecule has 0 unspecified atom stereocenters. The lowest BCUT2D eigenvalue weighted by Gasteiger charge is -2.16. The molecule has 2 aromatic rings. The second kappa shape index (κ2) is 6.79. The van der Waals surface area contributed by atoms with Crippen molar-refractivity contribution in [3.05, 3.63) is 59.9 Å². The van der Waals surface area contributed by atoms with Gasteiger partial charge in [-0.15, -0.1) is 0 Å². The van der Waals surface area contributed by atoms with Crippen molar-refractivity contribution in [3.63, 3.8) is 0 Å². The van der Waals surface area contributed by atoms with Crippen molar-refractivity contribution in [2.24, 2.45) is 0 Å². The Morgan fingerprint density at radius 1 is 1.35 bits per heavy atom. The predicted molar refractivity (Wildman–Crippen MR) is 75.0 cm³/mol. The number of pyridine rings is 1. The van der Waals surface area contributed by atoms with Crippen molar-refractivity contribution in [1.82, 2.24) is 4.98 Å². The maximum Gasteiger partial charge on any atom is 0.258 e. The predicted octanol–water partition coefficient (Wildman–Crippen LogP) is 1.90. The number of aromatic nitrogens is 1. The van der Waals surface area contributed by atoms with Gasteiger partial charge in [-0.05, 0) is 11.6 Å². The lowest BCUT2D eigenvalue weighted by atomic mass is 10.1. The number of hydrogen-bond acceptors (Lipinski definition) is 4. The summed E-state index contributed by atoms with van der Waals surface area (Å²) in [6.45, 7) is -0.166. The van der Waals surface area contributed by atoms with E-state index in [9.17, 15) is 9.90 Å². The van der Waals surface area contributed by atoms with Gasteiger partial charge in [0.25, 0.3) is 5.91 Å². The molecule has 1 aromatic carbocycles. The molecule has 1 amide bonds. The van der Waals surface area contributed by atoms with E-state index in [1.807, 2.05) is 30.3 Å². The van der Waals surface area contributed by atoms with Gasteiger partial charge in [-0.25, -0.2) is 0 Å².